The van der Waals surface area contributed by atoms with Gasteiger partial charge in [0.2, 0.25) is 0 Å². The summed E-state index contributed by atoms with van der Waals surface area (Å²) in [6, 6.07) is 0.122. The molecular weight excluding hydrogens is 491 g/mol. The number of amides is 1. The topological polar surface area (TPSA) is 83.0 Å². The van der Waals surface area contributed by atoms with Crippen molar-refractivity contribution in [3.8, 4) is 0 Å². The third-order valence-corrected chi connectivity index (χ3v) is 5.91. The van der Waals surface area contributed by atoms with Gasteiger partial charge in [0.15, 0.2) is 5.96 Å². The molecule has 1 aliphatic rings. The fraction of sp³-hybridized carbons (Fsp3) is 0.895. The predicted octanol–water partition coefficient (Wildman–Crippen LogP) is 3.11. The lowest BCUT2D eigenvalue weighted by Crippen LogP contribution is -2.53. The molecule has 7 nitrogen and oxygen atoms in total. The summed E-state index contributed by atoms with van der Waals surface area (Å²) in [6.07, 6.45) is 1.62. The zero-order valence-electron chi connectivity index (χ0n) is 18.5. The molecule has 1 aliphatic heterocycles. The van der Waals surface area contributed by atoms with Gasteiger partial charge in [-0.05, 0) is 61.3 Å². The van der Waals surface area contributed by atoms with Gasteiger partial charge in [0.05, 0.1) is 6.54 Å². The first kappa shape index (κ1) is 27.4. The van der Waals surface area contributed by atoms with E-state index in [1.165, 1.54) is 0 Å². The fourth-order valence-electron chi connectivity index (χ4n) is 2.65. The van der Waals surface area contributed by atoms with E-state index < -0.39 is 16.4 Å². The summed E-state index contributed by atoms with van der Waals surface area (Å²) >= 11 is 0. The van der Waals surface area contributed by atoms with Crippen LogP contribution in [0.5, 0.6) is 0 Å². The zero-order valence-corrected chi connectivity index (χ0v) is 21.6. The summed E-state index contributed by atoms with van der Waals surface area (Å²) in [5.41, 5.74) is -0.490. The highest BCUT2D eigenvalue weighted by molar-refractivity contribution is 14.0. The fourth-order valence-corrected chi connectivity index (χ4v) is 3.52. The van der Waals surface area contributed by atoms with Gasteiger partial charge in [0, 0.05) is 47.0 Å². The summed E-state index contributed by atoms with van der Waals surface area (Å²) in [6.45, 7) is 16.1. The normalized spacial score (nSPS) is 19.5. The van der Waals surface area contributed by atoms with Gasteiger partial charge in [-0.1, -0.05) is 0 Å². The van der Waals surface area contributed by atoms with Crippen LogP contribution in [0.2, 0.25) is 0 Å². The van der Waals surface area contributed by atoms with E-state index in [-0.39, 0.29) is 40.9 Å². The molecule has 9 heteroatoms. The summed E-state index contributed by atoms with van der Waals surface area (Å²) in [5, 5.41) is 6.64. The highest BCUT2D eigenvalue weighted by Crippen LogP contribution is 2.15. The molecule has 1 fully saturated rings. The van der Waals surface area contributed by atoms with Crippen LogP contribution in [0.15, 0.2) is 4.99 Å². The lowest BCUT2D eigenvalue weighted by molar-refractivity contribution is 0.0193. The molecule has 28 heavy (non-hydrogen) atoms. The molecule has 0 aromatic rings. The Kier molecular flexibility index (Phi) is 11.9. The first-order valence-corrected chi connectivity index (χ1v) is 11.2. The number of aliphatic imine (C=N–C) groups is 1. The van der Waals surface area contributed by atoms with E-state index in [4.69, 9.17) is 4.74 Å². The number of carbonyl (C=O) groups excluding carboxylic acids is 1. The van der Waals surface area contributed by atoms with Gasteiger partial charge in [-0.2, -0.15) is 0 Å². The second-order valence-electron chi connectivity index (χ2n) is 8.83. The number of guanidine groups is 1. The van der Waals surface area contributed by atoms with Crippen LogP contribution in [0.3, 0.4) is 0 Å². The van der Waals surface area contributed by atoms with Gasteiger partial charge < -0.3 is 20.3 Å². The Morgan fingerprint density at radius 1 is 1.25 bits per heavy atom. The van der Waals surface area contributed by atoms with Crippen LogP contribution < -0.4 is 10.6 Å². The highest BCUT2D eigenvalue weighted by atomic mass is 127. The molecule has 0 spiro atoms. The van der Waals surface area contributed by atoms with Gasteiger partial charge >= 0.3 is 6.09 Å². The van der Waals surface area contributed by atoms with Crippen LogP contribution in [0.1, 0.15) is 61.3 Å². The number of nitrogens with one attached hydrogen (secondary N) is 2. The van der Waals surface area contributed by atoms with E-state index in [0.29, 0.717) is 31.3 Å². The highest BCUT2D eigenvalue weighted by Gasteiger charge is 2.28. The molecule has 0 bridgehead atoms. The van der Waals surface area contributed by atoms with Crippen molar-refractivity contribution in [2.75, 3.05) is 31.9 Å². The average Bonchev–Trinajstić information content (AvgIpc) is 2.52. The van der Waals surface area contributed by atoms with Crippen molar-refractivity contribution in [3.05, 3.63) is 0 Å². The predicted molar refractivity (Wildman–Crippen MR) is 128 cm³/mol. The Balaban J connectivity index is 0.00000729. The maximum atomic E-state index is 12.3. The second kappa shape index (κ2) is 12.2. The minimum absolute atomic E-state index is 0. The largest absolute Gasteiger partial charge is 0.444 e. The van der Waals surface area contributed by atoms with Gasteiger partial charge in [-0.15, -0.1) is 24.0 Å². The van der Waals surface area contributed by atoms with Crippen molar-refractivity contribution in [1.82, 2.24) is 15.5 Å². The quantitative estimate of drug-likeness (QED) is 0.324. The Morgan fingerprint density at radius 3 is 2.43 bits per heavy atom. The number of likely N-dealkylation sites (tertiary alicyclic amines) is 1. The van der Waals surface area contributed by atoms with E-state index in [9.17, 15) is 9.00 Å². The molecule has 2 N–H and O–H groups in total. The Morgan fingerprint density at radius 2 is 1.89 bits per heavy atom. The molecule has 2 atom stereocenters. The van der Waals surface area contributed by atoms with E-state index in [2.05, 4.69) is 15.6 Å². The van der Waals surface area contributed by atoms with E-state index in [1.807, 2.05) is 48.5 Å². The Labute approximate surface area is 190 Å². The number of hydrogen-bond donors (Lipinski definition) is 2. The molecular formula is C19H39IN4O3S. The van der Waals surface area contributed by atoms with Crippen LogP contribution in [0, 0.1) is 0 Å². The Bertz CT molecular complexity index is 544. The first-order valence-electron chi connectivity index (χ1n) is 9.83. The Hall–Kier alpha value is -0.580. The minimum Gasteiger partial charge on any atom is -0.444 e. The third-order valence-electron chi connectivity index (χ3n) is 3.99. The summed E-state index contributed by atoms with van der Waals surface area (Å²) < 4.78 is 17.4. The zero-order chi connectivity index (χ0) is 20.7. The van der Waals surface area contributed by atoms with Gasteiger partial charge in [0.1, 0.15) is 5.60 Å². The standard InChI is InChI=1S/C19H38N4O3S.HI/c1-8-20-16(21-11-13-27(25)19(5,6)7)22-15-10-9-12-23(14-15)17(24)26-18(2,3)4;/h15H,8-14H2,1-7H3,(H2,20,21,22);1H. The molecule has 0 aromatic heterocycles. The lowest BCUT2D eigenvalue weighted by Gasteiger charge is -2.35. The van der Waals surface area contributed by atoms with Crippen molar-refractivity contribution in [1.29, 1.82) is 0 Å². The van der Waals surface area contributed by atoms with Crippen LogP contribution in [-0.4, -0.2) is 69.5 Å². The van der Waals surface area contributed by atoms with Crippen LogP contribution in [0.25, 0.3) is 0 Å². The maximum Gasteiger partial charge on any atom is 0.410 e. The number of carbonyl (C=O) groups is 1. The number of nitrogens with zero attached hydrogens (tertiary/aromatic N) is 2. The molecule has 1 saturated heterocycles. The number of halogens is 1. The molecule has 0 aliphatic carbocycles. The van der Waals surface area contributed by atoms with Crippen molar-refractivity contribution < 1.29 is 13.7 Å². The van der Waals surface area contributed by atoms with E-state index in [0.717, 1.165) is 19.4 Å². The number of hydrogen-bond acceptors (Lipinski definition) is 4. The maximum absolute atomic E-state index is 12.3. The van der Waals surface area contributed by atoms with Gasteiger partial charge in [0.25, 0.3) is 0 Å². The molecule has 0 radical (unpaired) electrons. The van der Waals surface area contributed by atoms with Gasteiger partial charge in [-0.25, -0.2) is 4.79 Å². The molecule has 0 saturated carbocycles. The third kappa shape index (κ3) is 10.8. The number of ether oxygens (including phenoxy) is 1. The monoisotopic (exact) mass is 530 g/mol. The first-order chi connectivity index (χ1) is 12.4. The number of piperidine rings is 1. The van der Waals surface area contributed by atoms with Crippen molar-refractivity contribution in [2.24, 2.45) is 4.99 Å². The van der Waals surface area contributed by atoms with Crippen LogP contribution >= 0.6 is 24.0 Å². The van der Waals surface area contributed by atoms with Crippen LogP contribution in [0.4, 0.5) is 4.79 Å². The molecule has 1 heterocycles. The van der Waals surface area contributed by atoms with Gasteiger partial charge in [-0.3, -0.25) is 9.20 Å². The lowest BCUT2D eigenvalue weighted by atomic mass is 10.1. The summed E-state index contributed by atoms with van der Waals surface area (Å²) in [5.74, 6) is 1.24. The minimum atomic E-state index is -0.918. The molecule has 0 aromatic carbocycles. The smallest absolute Gasteiger partial charge is 0.410 e. The van der Waals surface area contributed by atoms with Crippen molar-refractivity contribution >= 4 is 46.8 Å². The summed E-state index contributed by atoms with van der Waals surface area (Å²) in [4.78, 5) is 18.6. The molecule has 1 amide bonds. The average molecular weight is 531 g/mol. The number of rotatable bonds is 5. The van der Waals surface area contributed by atoms with Crippen molar-refractivity contribution in [3.63, 3.8) is 0 Å². The van der Waals surface area contributed by atoms with E-state index in [1.54, 1.807) is 4.90 Å². The second-order valence-corrected chi connectivity index (χ2v) is 11.2. The van der Waals surface area contributed by atoms with E-state index >= 15 is 0 Å². The van der Waals surface area contributed by atoms with Crippen LogP contribution in [-0.2, 0) is 15.5 Å². The SMILES string of the molecule is CCNC(=NCCS(=O)C(C)(C)C)NC1CCCN(C(=O)OC(C)(C)C)C1.I. The molecule has 1 rings (SSSR count). The molecule has 166 valence electrons. The molecule has 2 unspecified atom stereocenters. The van der Waals surface area contributed by atoms with Crippen molar-refractivity contribution in [2.45, 2.75) is 77.7 Å². The summed E-state index contributed by atoms with van der Waals surface area (Å²) in [7, 11) is -0.918.